The van der Waals surface area contributed by atoms with Gasteiger partial charge in [-0.2, -0.15) is 0 Å². The molecule has 94 valence electrons. The highest BCUT2D eigenvalue weighted by Crippen LogP contribution is 2.22. The fourth-order valence-corrected chi connectivity index (χ4v) is 2.18. The second kappa shape index (κ2) is 4.69. The van der Waals surface area contributed by atoms with Crippen LogP contribution in [-0.4, -0.2) is 17.6 Å². The van der Waals surface area contributed by atoms with Gasteiger partial charge in [0.05, 0.1) is 23.2 Å². The largest absolute Gasteiger partial charge is 0.462 e. The molecular formula is C16H13NO2. The van der Waals surface area contributed by atoms with Crippen LogP contribution in [0.4, 0.5) is 0 Å². The number of hydrogen-bond acceptors (Lipinski definition) is 3. The van der Waals surface area contributed by atoms with Crippen LogP contribution in [0.2, 0.25) is 0 Å². The van der Waals surface area contributed by atoms with E-state index in [4.69, 9.17) is 4.74 Å². The van der Waals surface area contributed by atoms with Crippen LogP contribution in [0, 0.1) is 0 Å². The first-order chi connectivity index (χ1) is 9.29. The van der Waals surface area contributed by atoms with Crippen LogP contribution in [0.5, 0.6) is 0 Å². The van der Waals surface area contributed by atoms with E-state index in [0.29, 0.717) is 17.7 Å². The zero-order chi connectivity index (χ0) is 13.2. The summed E-state index contributed by atoms with van der Waals surface area (Å²) in [7, 11) is 0. The number of pyridine rings is 1. The van der Waals surface area contributed by atoms with Crippen molar-refractivity contribution in [3.05, 3.63) is 54.1 Å². The summed E-state index contributed by atoms with van der Waals surface area (Å²) < 4.78 is 5.07. The summed E-state index contributed by atoms with van der Waals surface area (Å²) in [4.78, 5) is 16.5. The van der Waals surface area contributed by atoms with Crippen LogP contribution in [-0.2, 0) is 4.74 Å². The van der Waals surface area contributed by atoms with Crippen LogP contribution in [0.25, 0.3) is 21.8 Å². The predicted molar refractivity (Wildman–Crippen MR) is 75.2 cm³/mol. The lowest BCUT2D eigenvalue weighted by molar-refractivity contribution is 0.0528. The Bertz CT molecular complexity index is 765. The van der Waals surface area contributed by atoms with Gasteiger partial charge in [0.1, 0.15) is 0 Å². The Morgan fingerprint density at radius 2 is 1.89 bits per heavy atom. The lowest BCUT2D eigenvalue weighted by Gasteiger charge is -2.06. The van der Waals surface area contributed by atoms with Gasteiger partial charge in [-0.1, -0.05) is 30.3 Å². The molecule has 0 N–H and O–H groups in total. The standard InChI is InChI=1S/C16H13NO2/c1-2-19-16(18)13-8-5-7-12-10-11-6-3-4-9-14(11)17-15(12)13/h3-10H,2H2,1H3. The molecule has 2 aromatic carbocycles. The van der Waals surface area contributed by atoms with Crippen LogP contribution in [0.3, 0.4) is 0 Å². The molecular weight excluding hydrogens is 238 g/mol. The minimum absolute atomic E-state index is 0.323. The normalized spacial score (nSPS) is 10.8. The molecule has 0 aliphatic carbocycles. The van der Waals surface area contributed by atoms with Gasteiger partial charge in [-0.3, -0.25) is 0 Å². The Balaban J connectivity index is 2.29. The van der Waals surface area contributed by atoms with Crippen molar-refractivity contribution in [1.82, 2.24) is 4.98 Å². The number of nitrogens with zero attached hydrogens (tertiary/aromatic N) is 1. The van der Waals surface area contributed by atoms with E-state index in [2.05, 4.69) is 4.98 Å². The summed E-state index contributed by atoms with van der Waals surface area (Å²) in [6.07, 6.45) is 0. The minimum Gasteiger partial charge on any atom is -0.462 e. The summed E-state index contributed by atoms with van der Waals surface area (Å²) in [5.41, 5.74) is 2.09. The number of para-hydroxylation sites is 2. The topological polar surface area (TPSA) is 39.2 Å². The Kier molecular flexibility index (Phi) is 2.88. The average Bonchev–Trinajstić information content (AvgIpc) is 2.44. The molecule has 0 atom stereocenters. The molecule has 0 amide bonds. The van der Waals surface area contributed by atoms with E-state index in [0.717, 1.165) is 16.3 Å². The van der Waals surface area contributed by atoms with Crippen molar-refractivity contribution in [1.29, 1.82) is 0 Å². The van der Waals surface area contributed by atoms with Gasteiger partial charge in [0.15, 0.2) is 0 Å². The quantitative estimate of drug-likeness (QED) is 0.516. The van der Waals surface area contributed by atoms with E-state index in [-0.39, 0.29) is 5.97 Å². The van der Waals surface area contributed by atoms with Gasteiger partial charge in [0.25, 0.3) is 0 Å². The molecule has 3 rings (SSSR count). The lowest BCUT2D eigenvalue weighted by Crippen LogP contribution is -2.05. The van der Waals surface area contributed by atoms with Gasteiger partial charge in [-0.25, -0.2) is 9.78 Å². The van der Waals surface area contributed by atoms with Gasteiger partial charge >= 0.3 is 5.97 Å². The predicted octanol–water partition coefficient (Wildman–Crippen LogP) is 3.56. The highest BCUT2D eigenvalue weighted by Gasteiger charge is 2.12. The van der Waals surface area contributed by atoms with Gasteiger partial charge in [-0.05, 0) is 25.1 Å². The van der Waals surface area contributed by atoms with Crippen LogP contribution in [0.15, 0.2) is 48.5 Å². The maximum atomic E-state index is 11.9. The second-order valence-electron chi connectivity index (χ2n) is 4.28. The van der Waals surface area contributed by atoms with Crippen LogP contribution < -0.4 is 0 Å². The third-order valence-corrected chi connectivity index (χ3v) is 3.04. The molecule has 0 fully saturated rings. The third-order valence-electron chi connectivity index (χ3n) is 3.04. The minimum atomic E-state index is -0.323. The molecule has 3 nitrogen and oxygen atoms in total. The van der Waals surface area contributed by atoms with E-state index in [1.165, 1.54) is 0 Å². The molecule has 1 heterocycles. The first-order valence-corrected chi connectivity index (χ1v) is 6.25. The van der Waals surface area contributed by atoms with Crippen LogP contribution in [0.1, 0.15) is 17.3 Å². The number of rotatable bonds is 2. The highest BCUT2D eigenvalue weighted by atomic mass is 16.5. The van der Waals surface area contributed by atoms with Crippen molar-refractivity contribution in [3.63, 3.8) is 0 Å². The van der Waals surface area contributed by atoms with Crippen molar-refractivity contribution in [2.45, 2.75) is 6.92 Å². The molecule has 0 bridgehead atoms. The van der Waals surface area contributed by atoms with E-state index in [1.54, 1.807) is 13.0 Å². The van der Waals surface area contributed by atoms with Gasteiger partial charge < -0.3 is 4.74 Å². The van der Waals surface area contributed by atoms with Crippen molar-refractivity contribution in [2.75, 3.05) is 6.61 Å². The number of carbonyl (C=O) groups is 1. The number of aromatic nitrogens is 1. The SMILES string of the molecule is CCOC(=O)c1cccc2cc3ccccc3nc12. The average molecular weight is 251 g/mol. The van der Waals surface area contributed by atoms with E-state index < -0.39 is 0 Å². The fourth-order valence-electron chi connectivity index (χ4n) is 2.18. The molecule has 0 saturated heterocycles. The highest BCUT2D eigenvalue weighted by molar-refractivity contribution is 6.05. The number of esters is 1. The van der Waals surface area contributed by atoms with Gasteiger partial charge in [-0.15, -0.1) is 0 Å². The van der Waals surface area contributed by atoms with Gasteiger partial charge in [0.2, 0.25) is 0 Å². The zero-order valence-electron chi connectivity index (χ0n) is 10.6. The maximum Gasteiger partial charge on any atom is 0.340 e. The van der Waals surface area contributed by atoms with Gasteiger partial charge in [0, 0.05) is 10.8 Å². The molecule has 0 radical (unpaired) electrons. The molecule has 0 aliphatic rings. The number of benzene rings is 2. The molecule has 19 heavy (non-hydrogen) atoms. The third kappa shape index (κ3) is 2.03. The summed E-state index contributed by atoms with van der Waals surface area (Å²) in [6.45, 7) is 2.16. The van der Waals surface area contributed by atoms with Crippen molar-refractivity contribution < 1.29 is 9.53 Å². The smallest absolute Gasteiger partial charge is 0.340 e. The second-order valence-corrected chi connectivity index (χ2v) is 4.28. The Hall–Kier alpha value is -2.42. The maximum absolute atomic E-state index is 11.9. The van der Waals surface area contributed by atoms with E-state index in [1.807, 2.05) is 42.5 Å². The summed E-state index contributed by atoms with van der Waals surface area (Å²) in [5, 5.41) is 2.01. The number of ether oxygens (including phenoxy) is 1. The first-order valence-electron chi connectivity index (χ1n) is 6.25. The van der Waals surface area contributed by atoms with E-state index >= 15 is 0 Å². The van der Waals surface area contributed by atoms with Crippen molar-refractivity contribution in [2.24, 2.45) is 0 Å². The Labute approximate surface area is 110 Å². The Morgan fingerprint density at radius 1 is 1.11 bits per heavy atom. The number of carbonyl (C=O) groups excluding carboxylic acids is 1. The molecule has 0 unspecified atom stereocenters. The van der Waals surface area contributed by atoms with Crippen molar-refractivity contribution >= 4 is 27.8 Å². The molecule has 3 aromatic rings. The molecule has 0 spiro atoms. The van der Waals surface area contributed by atoms with Crippen molar-refractivity contribution in [3.8, 4) is 0 Å². The molecule has 1 aromatic heterocycles. The fraction of sp³-hybridized carbons (Fsp3) is 0.125. The summed E-state index contributed by atoms with van der Waals surface area (Å²) >= 11 is 0. The van der Waals surface area contributed by atoms with Crippen LogP contribution >= 0.6 is 0 Å². The molecule has 0 saturated carbocycles. The zero-order valence-corrected chi connectivity index (χ0v) is 10.6. The lowest BCUT2D eigenvalue weighted by atomic mass is 10.1. The molecule has 3 heteroatoms. The first kappa shape index (κ1) is 11.7. The van der Waals surface area contributed by atoms with E-state index in [9.17, 15) is 4.79 Å². The monoisotopic (exact) mass is 251 g/mol. The number of hydrogen-bond donors (Lipinski definition) is 0. The summed E-state index contributed by atoms with van der Waals surface area (Å²) in [6, 6.07) is 15.5. The summed E-state index contributed by atoms with van der Waals surface area (Å²) in [5.74, 6) is -0.323. The molecule has 0 aliphatic heterocycles. The Morgan fingerprint density at radius 3 is 2.74 bits per heavy atom. The number of fused-ring (bicyclic) bond motifs is 2.